The summed E-state index contributed by atoms with van der Waals surface area (Å²) in [4.78, 5) is 0. The summed E-state index contributed by atoms with van der Waals surface area (Å²) in [6.45, 7) is 4.70. The number of rotatable bonds is 0. The molecule has 0 unspecified atom stereocenters. The minimum atomic E-state index is 0.623. The largest absolute Gasteiger partial charge is 0.110 e. The predicted molar refractivity (Wildman–Crippen MR) is 38.4 cm³/mol. The van der Waals surface area contributed by atoms with Crippen molar-refractivity contribution in [3.63, 3.8) is 0 Å². The van der Waals surface area contributed by atoms with Crippen molar-refractivity contribution in [3.05, 3.63) is 0 Å². The van der Waals surface area contributed by atoms with Crippen LogP contribution in [0, 0.1) is 5.41 Å². The molecule has 1 fully saturated rings. The van der Waals surface area contributed by atoms with Crippen molar-refractivity contribution in [2.75, 3.05) is 0 Å². The van der Waals surface area contributed by atoms with Gasteiger partial charge in [0.05, 0.1) is 0 Å². The zero-order valence-electron chi connectivity index (χ0n) is 5.91. The summed E-state index contributed by atoms with van der Waals surface area (Å²) in [5.74, 6) is 0. The standard InChI is InChI=1S/C7H14B/c1-7(2)4-3-5-8-6-7/h3-6H2,1-2H3. The second-order valence-electron chi connectivity index (χ2n) is 3.55. The highest BCUT2D eigenvalue weighted by Crippen LogP contribution is 2.32. The molecule has 0 aromatic carbocycles. The average molecular weight is 109 g/mol. The molecular weight excluding hydrogens is 94.9 g/mol. The Balaban J connectivity index is 2.33. The fourth-order valence-corrected chi connectivity index (χ4v) is 1.32. The molecule has 1 radical (unpaired) electrons. The Hall–Kier alpha value is 0.0649. The van der Waals surface area contributed by atoms with Crippen molar-refractivity contribution in [2.24, 2.45) is 5.41 Å². The molecule has 45 valence electrons. The zero-order chi connectivity index (χ0) is 6.04. The normalized spacial score (nSPS) is 26.8. The smallest absolute Gasteiger partial charge is 0.0803 e. The van der Waals surface area contributed by atoms with Crippen LogP contribution in [0.2, 0.25) is 12.6 Å². The molecule has 1 aliphatic heterocycles. The van der Waals surface area contributed by atoms with Gasteiger partial charge in [-0.2, -0.15) is 0 Å². The van der Waals surface area contributed by atoms with E-state index < -0.39 is 0 Å². The Morgan fingerprint density at radius 2 is 2.12 bits per heavy atom. The van der Waals surface area contributed by atoms with E-state index in [-0.39, 0.29) is 0 Å². The van der Waals surface area contributed by atoms with Crippen molar-refractivity contribution in [2.45, 2.75) is 39.3 Å². The van der Waals surface area contributed by atoms with Crippen LogP contribution >= 0.6 is 0 Å². The molecule has 0 amide bonds. The van der Waals surface area contributed by atoms with Crippen LogP contribution in [0.5, 0.6) is 0 Å². The third kappa shape index (κ3) is 1.54. The molecule has 1 heterocycles. The Bertz CT molecular complexity index is 68.5. The molecule has 0 aromatic heterocycles. The predicted octanol–water partition coefficient (Wildman–Crippen LogP) is 2.35. The Morgan fingerprint density at radius 1 is 1.38 bits per heavy atom. The van der Waals surface area contributed by atoms with E-state index in [0.717, 1.165) is 0 Å². The molecule has 0 bridgehead atoms. The van der Waals surface area contributed by atoms with Gasteiger partial charge in [0, 0.05) is 0 Å². The van der Waals surface area contributed by atoms with Crippen LogP contribution in [0.1, 0.15) is 26.7 Å². The third-order valence-corrected chi connectivity index (χ3v) is 1.96. The van der Waals surface area contributed by atoms with Crippen LogP contribution in [0.25, 0.3) is 0 Å². The van der Waals surface area contributed by atoms with Crippen LogP contribution in [0.15, 0.2) is 0 Å². The van der Waals surface area contributed by atoms with Crippen LogP contribution in [0.3, 0.4) is 0 Å². The van der Waals surface area contributed by atoms with Crippen molar-refractivity contribution < 1.29 is 0 Å². The molecule has 1 saturated heterocycles. The lowest BCUT2D eigenvalue weighted by molar-refractivity contribution is 0.358. The van der Waals surface area contributed by atoms with E-state index in [2.05, 4.69) is 21.1 Å². The maximum absolute atomic E-state index is 2.42. The summed E-state index contributed by atoms with van der Waals surface area (Å²) in [5.41, 5.74) is 0.623. The first-order chi connectivity index (χ1) is 3.71. The summed E-state index contributed by atoms with van der Waals surface area (Å²) in [6.07, 6.45) is 5.51. The van der Waals surface area contributed by atoms with E-state index in [1.165, 1.54) is 25.5 Å². The van der Waals surface area contributed by atoms with Gasteiger partial charge in [-0.25, -0.2) is 0 Å². The van der Waals surface area contributed by atoms with Gasteiger partial charge in [0.25, 0.3) is 0 Å². The topological polar surface area (TPSA) is 0 Å². The second kappa shape index (κ2) is 2.12. The molecule has 0 saturated carbocycles. The molecule has 0 spiro atoms. The fraction of sp³-hybridized carbons (Fsp3) is 1.00. The first-order valence-electron chi connectivity index (χ1n) is 3.52. The van der Waals surface area contributed by atoms with Gasteiger partial charge in [0.1, 0.15) is 7.28 Å². The number of hydrogen-bond donors (Lipinski definition) is 0. The number of hydrogen-bond acceptors (Lipinski definition) is 0. The SMILES string of the molecule is CC1(C)C[B]CCC1. The summed E-state index contributed by atoms with van der Waals surface area (Å²) in [5, 5.41) is 0. The minimum Gasteiger partial charge on any atom is -0.0803 e. The van der Waals surface area contributed by atoms with Gasteiger partial charge >= 0.3 is 0 Å². The van der Waals surface area contributed by atoms with Crippen LogP contribution < -0.4 is 0 Å². The lowest BCUT2D eigenvalue weighted by atomic mass is 9.55. The zero-order valence-corrected chi connectivity index (χ0v) is 5.91. The maximum Gasteiger partial charge on any atom is 0.110 e. The monoisotopic (exact) mass is 109 g/mol. The van der Waals surface area contributed by atoms with Gasteiger partial charge in [-0.1, -0.05) is 32.9 Å². The van der Waals surface area contributed by atoms with E-state index in [9.17, 15) is 0 Å². The lowest BCUT2D eigenvalue weighted by Crippen LogP contribution is -2.18. The van der Waals surface area contributed by atoms with Gasteiger partial charge in [-0.05, 0) is 11.8 Å². The van der Waals surface area contributed by atoms with Gasteiger partial charge in [0.2, 0.25) is 0 Å². The molecule has 0 aliphatic carbocycles. The highest BCUT2D eigenvalue weighted by Gasteiger charge is 2.20. The Labute approximate surface area is 52.9 Å². The first kappa shape index (κ1) is 6.19. The minimum absolute atomic E-state index is 0.623. The van der Waals surface area contributed by atoms with Crippen LogP contribution in [-0.4, -0.2) is 7.28 Å². The molecule has 0 atom stereocenters. The summed E-state index contributed by atoms with van der Waals surface area (Å²) >= 11 is 0. The van der Waals surface area contributed by atoms with Crippen molar-refractivity contribution in [1.82, 2.24) is 0 Å². The average Bonchev–Trinajstić information content (AvgIpc) is 1.65. The first-order valence-corrected chi connectivity index (χ1v) is 3.52. The lowest BCUT2D eigenvalue weighted by Gasteiger charge is -2.28. The van der Waals surface area contributed by atoms with E-state index in [1.54, 1.807) is 0 Å². The van der Waals surface area contributed by atoms with Gasteiger partial charge in [-0.15, -0.1) is 0 Å². The molecule has 1 rings (SSSR count). The maximum atomic E-state index is 2.42. The Kier molecular flexibility index (Phi) is 1.64. The molecule has 0 N–H and O–H groups in total. The second-order valence-corrected chi connectivity index (χ2v) is 3.55. The highest BCUT2D eigenvalue weighted by atomic mass is 14.2. The molecule has 8 heavy (non-hydrogen) atoms. The Morgan fingerprint density at radius 3 is 2.38 bits per heavy atom. The van der Waals surface area contributed by atoms with Crippen molar-refractivity contribution in [3.8, 4) is 0 Å². The molecule has 0 nitrogen and oxygen atoms in total. The summed E-state index contributed by atoms with van der Waals surface area (Å²) < 4.78 is 0. The van der Waals surface area contributed by atoms with Gasteiger partial charge in [0.15, 0.2) is 0 Å². The van der Waals surface area contributed by atoms with E-state index >= 15 is 0 Å². The van der Waals surface area contributed by atoms with Crippen LogP contribution in [-0.2, 0) is 0 Å². The van der Waals surface area contributed by atoms with Crippen LogP contribution in [0.4, 0.5) is 0 Å². The van der Waals surface area contributed by atoms with E-state index in [1.807, 2.05) is 0 Å². The third-order valence-electron chi connectivity index (χ3n) is 1.96. The van der Waals surface area contributed by atoms with E-state index in [4.69, 9.17) is 0 Å². The fourth-order valence-electron chi connectivity index (χ4n) is 1.32. The van der Waals surface area contributed by atoms with Gasteiger partial charge in [-0.3, -0.25) is 0 Å². The molecule has 1 heteroatoms. The highest BCUT2D eigenvalue weighted by molar-refractivity contribution is 6.35. The molecule has 0 aromatic rings. The summed E-state index contributed by atoms with van der Waals surface area (Å²) in [7, 11) is 2.42. The van der Waals surface area contributed by atoms with E-state index in [0.29, 0.717) is 5.41 Å². The quantitative estimate of drug-likeness (QED) is 0.419. The van der Waals surface area contributed by atoms with Crippen molar-refractivity contribution >= 4 is 7.28 Å². The summed E-state index contributed by atoms with van der Waals surface area (Å²) in [6, 6.07) is 0. The molecule has 1 aliphatic rings. The van der Waals surface area contributed by atoms with Crippen molar-refractivity contribution in [1.29, 1.82) is 0 Å². The van der Waals surface area contributed by atoms with Gasteiger partial charge < -0.3 is 0 Å². The molecular formula is C7H14B.